The summed E-state index contributed by atoms with van der Waals surface area (Å²) in [6, 6.07) is 80.4. The lowest BCUT2D eigenvalue weighted by molar-refractivity contribution is 0.714. The number of fused-ring (bicyclic) bond motifs is 7. The maximum absolute atomic E-state index is 2.50. The summed E-state index contributed by atoms with van der Waals surface area (Å²) >= 11 is 0. The molecule has 0 saturated carbocycles. The first-order valence-corrected chi connectivity index (χ1v) is 19.9. The van der Waals surface area contributed by atoms with E-state index in [9.17, 15) is 0 Å². The van der Waals surface area contributed by atoms with Crippen LogP contribution < -0.4 is 4.90 Å². The van der Waals surface area contributed by atoms with E-state index >= 15 is 0 Å². The standard InChI is InChI=1S/C56H39N/c1-56(42-24-9-4-10-25-42)50-29-16-15-28-48(50)55-51(56)30-17-31-52(55)57(43-33-32-38-18-11-12-23-41(38)36-43)44-34-35-46-45-26-13-14-27-47(45)53(39-19-5-2-6-20-39)54(49(46)37-44)40-21-7-3-8-22-40/h2-37H,1H3. The fourth-order valence-corrected chi connectivity index (χ4v) is 9.66. The summed E-state index contributed by atoms with van der Waals surface area (Å²) in [6.07, 6.45) is 0. The molecule has 0 N–H and O–H groups in total. The molecular formula is C56H39N. The molecule has 0 radical (unpaired) electrons. The molecule has 0 spiro atoms. The van der Waals surface area contributed by atoms with Gasteiger partial charge in [-0.1, -0.05) is 188 Å². The highest BCUT2D eigenvalue weighted by molar-refractivity contribution is 6.22. The topological polar surface area (TPSA) is 3.24 Å². The van der Waals surface area contributed by atoms with Gasteiger partial charge >= 0.3 is 0 Å². The van der Waals surface area contributed by atoms with Crippen molar-refractivity contribution in [1.82, 2.24) is 0 Å². The van der Waals surface area contributed by atoms with Crippen LogP contribution in [0.5, 0.6) is 0 Å². The van der Waals surface area contributed by atoms with Gasteiger partial charge in [0.15, 0.2) is 0 Å². The summed E-state index contributed by atoms with van der Waals surface area (Å²) in [5.41, 5.74) is 14.5. The Morgan fingerprint density at radius 2 is 0.895 bits per heavy atom. The second-order valence-corrected chi connectivity index (χ2v) is 15.4. The van der Waals surface area contributed by atoms with E-state index in [1.165, 1.54) is 88.1 Å². The number of benzene rings is 10. The lowest BCUT2D eigenvalue weighted by atomic mass is 9.74. The molecule has 0 heterocycles. The van der Waals surface area contributed by atoms with E-state index in [1.54, 1.807) is 0 Å². The van der Waals surface area contributed by atoms with Gasteiger partial charge in [0.1, 0.15) is 0 Å². The van der Waals surface area contributed by atoms with Gasteiger partial charge in [0, 0.05) is 22.4 Å². The molecule has 10 aromatic rings. The first-order chi connectivity index (χ1) is 28.2. The predicted molar refractivity (Wildman–Crippen MR) is 242 cm³/mol. The number of rotatable bonds is 6. The SMILES string of the molecule is CC1(c2ccccc2)c2ccccc2-c2c(N(c3ccc4ccccc4c3)c3ccc4c(c3)c(-c3ccccc3)c(-c3ccccc3)c3ccccc34)cccc21. The van der Waals surface area contributed by atoms with Crippen LogP contribution in [0.1, 0.15) is 23.6 Å². The van der Waals surface area contributed by atoms with Crippen LogP contribution in [0.15, 0.2) is 218 Å². The third kappa shape index (κ3) is 5.16. The van der Waals surface area contributed by atoms with Crippen LogP contribution in [0, 0.1) is 0 Å². The third-order valence-electron chi connectivity index (χ3n) is 12.3. The Hall–Kier alpha value is -7.22. The Morgan fingerprint density at radius 3 is 1.65 bits per heavy atom. The Balaban J connectivity index is 1.25. The maximum atomic E-state index is 2.50. The Kier molecular flexibility index (Phi) is 7.69. The fraction of sp³-hybridized carbons (Fsp3) is 0.0357. The summed E-state index contributed by atoms with van der Waals surface area (Å²) in [5, 5.41) is 7.42. The van der Waals surface area contributed by atoms with Gasteiger partial charge in [0.2, 0.25) is 0 Å². The molecule has 1 atom stereocenters. The number of anilines is 3. The van der Waals surface area contributed by atoms with E-state index in [2.05, 4.69) is 230 Å². The first kappa shape index (κ1) is 33.1. The second-order valence-electron chi connectivity index (χ2n) is 15.4. The van der Waals surface area contributed by atoms with Crippen molar-refractivity contribution in [3.05, 3.63) is 235 Å². The number of hydrogen-bond acceptors (Lipinski definition) is 1. The van der Waals surface area contributed by atoms with Crippen molar-refractivity contribution in [2.75, 3.05) is 4.90 Å². The summed E-state index contributed by atoms with van der Waals surface area (Å²) in [4.78, 5) is 2.50. The van der Waals surface area contributed by atoms with Crippen LogP contribution in [-0.2, 0) is 5.41 Å². The molecule has 0 bridgehead atoms. The molecule has 1 nitrogen and oxygen atoms in total. The van der Waals surface area contributed by atoms with Crippen LogP contribution in [0.2, 0.25) is 0 Å². The highest BCUT2D eigenvalue weighted by Gasteiger charge is 2.42. The molecule has 1 aliphatic carbocycles. The van der Waals surface area contributed by atoms with Crippen LogP contribution >= 0.6 is 0 Å². The maximum Gasteiger partial charge on any atom is 0.0543 e. The van der Waals surface area contributed by atoms with E-state index in [4.69, 9.17) is 0 Å². The minimum Gasteiger partial charge on any atom is -0.310 e. The van der Waals surface area contributed by atoms with Crippen LogP contribution in [-0.4, -0.2) is 0 Å². The van der Waals surface area contributed by atoms with Gasteiger partial charge in [-0.05, 0) is 114 Å². The van der Waals surface area contributed by atoms with Crippen LogP contribution in [0.25, 0.3) is 65.7 Å². The molecule has 0 fully saturated rings. The van der Waals surface area contributed by atoms with Gasteiger partial charge in [0.25, 0.3) is 0 Å². The predicted octanol–water partition coefficient (Wildman–Crippen LogP) is 15.3. The van der Waals surface area contributed by atoms with Gasteiger partial charge in [-0.15, -0.1) is 0 Å². The number of nitrogens with zero attached hydrogens (tertiary/aromatic N) is 1. The molecule has 0 aliphatic heterocycles. The Morgan fingerprint density at radius 1 is 0.351 bits per heavy atom. The molecular weight excluding hydrogens is 687 g/mol. The van der Waals surface area contributed by atoms with E-state index < -0.39 is 0 Å². The minimum atomic E-state index is -0.314. The Labute approximate surface area is 333 Å². The summed E-state index contributed by atoms with van der Waals surface area (Å²) in [5.74, 6) is 0. The molecule has 0 aromatic heterocycles. The molecule has 11 rings (SSSR count). The molecule has 57 heavy (non-hydrogen) atoms. The molecule has 268 valence electrons. The summed E-state index contributed by atoms with van der Waals surface area (Å²) < 4.78 is 0. The largest absolute Gasteiger partial charge is 0.310 e. The van der Waals surface area contributed by atoms with E-state index in [0.717, 1.165) is 11.4 Å². The highest BCUT2D eigenvalue weighted by atomic mass is 15.1. The average Bonchev–Trinajstić information content (AvgIpc) is 3.56. The molecule has 0 amide bonds. The second kappa shape index (κ2) is 13.2. The van der Waals surface area contributed by atoms with Crippen LogP contribution in [0.3, 0.4) is 0 Å². The van der Waals surface area contributed by atoms with Gasteiger partial charge in [0.05, 0.1) is 5.69 Å². The van der Waals surface area contributed by atoms with Gasteiger partial charge in [-0.2, -0.15) is 0 Å². The molecule has 10 aromatic carbocycles. The zero-order valence-electron chi connectivity index (χ0n) is 31.7. The van der Waals surface area contributed by atoms with Crippen molar-refractivity contribution in [1.29, 1.82) is 0 Å². The lowest BCUT2D eigenvalue weighted by Crippen LogP contribution is -2.22. The normalized spacial score (nSPS) is 14.5. The fourth-order valence-electron chi connectivity index (χ4n) is 9.66. The smallest absolute Gasteiger partial charge is 0.0543 e. The van der Waals surface area contributed by atoms with Crippen molar-refractivity contribution in [3.63, 3.8) is 0 Å². The molecule has 1 heteroatoms. The number of hydrogen-bond donors (Lipinski definition) is 0. The summed E-state index contributed by atoms with van der Waals surface area (Å²) in [6.45, 7) is 2.40. The van der Waals surface area contributed by atoms with Crippen molar-refractivity contribution in [3.8, 4) is 33.4 Å². The molecule has 0 saturated heterocycles. The van der Waals surface area contributed by atoms with Crippen molar-refractivity contribution in [2.24, 2.45) is 0 Å². The zero-order chi connectivity index (χ0) is 37.9. The van der Waals surface area contributed by atoms with Crippen LogP contribution in [0.4, 0.5) is 17.1 Å². The van der Waals surface area contributed by atoms with Crippen molar-refractivity contribution in [2.45, 2.75) is 12.3 Å². The van der Waals surface area contributed by atoms with Crippen molar-refractivity contribution < 1.29 is 0 Å². The van der Waals surface area contributed by atoms with Gasteiger partial charge < -0.3 is 4.90 Å². The van der Waals surface area contributed by atoms with Gasteiger partial charge in [-0.25, -0.2) is 0 Å². The zero-order valence-corrected chi connectivity index (χ0v) is 31.7. The van der Waals surface area contributed by atoms with E-state index in [0.29, 0.717) is 0 Å². The first-order valence-electron chi connectivity index (χ1n) is 19.9. The summed E-state index contributed by atoms with van der Waals surface area (Å²) in [7, 11) is 0. The molecule has 1 unspecified atom stereocenters. The quantitative estimate of drug-likeness (QED) is 0.154. The lowest BCUT2D eigenvalue weighted by Gasteiger charge is -2.31. The van der Waals surface area contributed by atoms with Gasteiger partial charge in [-0.3, -0.25) is 0 Å². The van der Waals surface area contributed by atoms with Crippen molar-refractivity contribution >= 4 is 49.4 Å². The Bertz CT molecular complexity index is 3130. The molecule has 1 aliphatic rings. The van der Waals surface area contributed by atoms with E-state index in [-0.39, 0.29) is 5.41 Å². The average molecular weight is 726 g/mol. The monoisotopic (exact) mass is 725 g/mol. The minimum absolute atomic E-state index is 0.314. The highest BCUT2D eigenvalue weighted by Crippen LogP contribution is 2.57. The third-order valence-corrected chi connectivity index (χ3v) is 12.3. The van der Waals surface area contributed by atoms with E-state index in [1.807, 2.05) is 0 Å².